The van der Waals surface area contributed by atoms with Gasteiger partial charge in [0.25, 0.3) is 5.91 Å². The van der Waals surface area contributed by atoms with Crippen LogP contribution in [-0.2, 0) is 16.0 Å². The molecule has 2 aromatic carbocycles. The number of nitrogens with one attached hydrogen (secondary N) is 2. The van der Waals surface area contributed by atoms with Gasteiger partial charge < -0.3 is 24.4 Å². The van der Waals surface area contributed by atoms with Crippen LogP contribution in [0.3, 0.4) is 0 Å². The lowest BCUT2D eigenvalue weighted by Crippen LogP contribution is -2.42. The number of fused-ring (bicyclic) bond motifs is 5. The van der Waals surface area contributed by atoms with E-state index >= 15 is 0 Å². The summed E-state index contributed by atoms with van der Waals surface area (Å²) >= 11 is 0. The maximum Gasteiger partial charge on any atom is 0.253 e. The van der Waals surface area contributed by atoms with Gasteiger partial charge in [0.1, 0.15) is 22.5 Å². The van der Waals surface area contributed by atoms with E-state index in [9.17, 15) is 14.4 Å². The third-order valence-electron chi connectivity index (χ3n) is 8.44. The molecular weight excluding hydrogens is 550 g/mol. The SMILES string of the molecule is Cc1noc(C)c1CCC(=O)N1C[C@@H]2C(=O)NCCN(C(=O)c3ccc4n[nH]nc4c3)CCCOc3cccc(c3)[C@H]2C1. The fourth-order valence-electron chi connectivity index (χ4n) is 6.06. The van der Waals surface area contributed by atoms with Gasteiger partial charge in [-0.1, -0.05) is 17.3 Å². The summed E-state index contributed by atoms with van der Waals surface area (Å²) in [5.41, 5.74) is 4.52. The Morgan fingerprint density at radius 3 is 2.67 bits per heavy atom. The van der Waals surface area contributed by atoms with E-state index in [1.807, 2.05) is 38.1 Å². The number of hydrogen-bond acceptors (Lipinski definition) is 8. The van der Waals surface area contributed by atoms with Crippen LogP contribution in [0.25, 0.3) is 11.0 Å². The maximum absolute atomic E-state index is 13.6. The van der Waals surface area contributed by atoms with Gasteiger partial charge in [-0.15, -0.1) is 0 Å². The van der Waals surface area contributed by atoms with Crippen LogP contribution in [0.4, 0.5) is 0 Å². The molecule has 0 aliphatic carbocycles. The number of nitrogens with zero attached hydrogens (tertiary/aromatic N) is 5. The molecular formula is C31H35N7O5. The average molecular weight is 586 g/mol. The highest BCUT2D eigenvalue weighted by molar-refractivity contribution is 5.97. The van der Waals surface area contributed by atoms with E-state index in [0.29, 0.717) is 80.9 Å². The van der Waals surface area contributed by atoms with Gasteiger partial charge in [-0.05, 0) is 62.6 Å². The molecule has 4 aromatic rings. The van der Waals surface area contributed by atoms with Crippen molar-refractivity contribution in [2.75, 3.05) is 39.3 Å². The molecule has 2 aromatic heterocycles. The smallest absolute Gasteiger partial charge is 0.253 e. The van der Waals surface area contributed by atoms with Crippen molar-refractivity contribution in [1.29, 1.82) is 0 Å². The monoisotopic (exact) mass is 585 g/mol. The summed E-state index contributed by atoms with van der Waals surface area (Å²) < 4.78 is 11.3. The normalized spacial score (nSPS) is 19.4. The molecule has 0 unspecified atom stereocenters. The number of ether oxygens (including phenoxy) is 1. The number of carbonyl (C=O) groups is 3. The first-order valence-corrected chi connectivity index (χ1v) is 14.7. The lowest BCUT2D eigenvalue weighted by Gasteiger charge is -2.25. The number of amides is 3. The molecule has 0 radical (unpaired) electrons. The van der Waals surface area contributed by atoms with E-state index in [4.69, 9.17) is 9.26 Å². The maximum atomic E-state index is 13.6. The second-order valence-electron chi connectivity index (χ2n) is 11.2. The highest BCUT2D eigenvalue weighted by atomic mass is 16.5. The summed E-state index contributed by atoms with van der Waals surface area (Å²) in [6, 6.07) is 13.0. The minimum Gasteiger partial charge on any atom is -0.494 e. The molecule has 0 saturated carbocycles. The third kappa shape index (κ3) is 6.08. The van der Waals surface area contributed by atoms with Gasteiger partial charge in [-0.25, -0.2) is 0 Å². The number of rotatable bonds is 4. The molecule has 3 amide bonds. The third-order valence-corrected chi connectivity index (χ3v) is 8.44. The molecule has 6 rings (SSSR count). The molecule has 2 bridgehead atoms. The number of likely N-dealkylation sites (tertiary alicyclic amines) is 1. The number of aromatic nitrogens is 4. The van der Waals surface area contributed by atoms with Crippen molar-refractivity contribution in [3.8, 4) is 5.75 Å². The summed E-state index contributed by atoms with van der Waals surface area (Å²) in [6.07, 6.45) is 1.47. The number of benzene rings is 2. The molecule has 2 N–H and O–H groups in total. The van der Waals surface area contributed by atoms with E-state index in [1.54, 1.807) is 28.0 Å². The zero-order valence-electron chi connectivity index (χ0n) is 24.3. The van der Waals surface area contributed by atoms with Crippen molar-refractivity contribution in [3.05, 3.63) is 70.6 Å². The highest BCUT2D eigenvalue weighted by Crippen LogP contribution is 2.35. The van der Waals surface area contributed by atoms with Crippen LogP contribution in [0.5, 0.6) is 5.75 Å². The summed E-state index contributed by atoms with van der Waals surface area (Å²) in [6.45, 7) is 6.01. The van der Waals surface area contributed by atoms with Crippen molar-refractivity contribution in [1.82, 2.24) is 35.7 Å². The Kier molecular flexibility index (Phi) is 8.08. The van der Waals surface area contributed by atoms with Crippen LogP contribution in [0, 0.1) is 19.8 Å². The van der Waals surface area contributed by atoms with Gasteiger partial charge in [0.05, 0.1) is 18.2 Å². The Balaban J connectivity index is 1.18. The van der Waals surface area contributed by atoms with E-state index in [2.05, 4.69) is 25.9 Å². The van der Waals surface area contributed by atoms with Crippen molar-refractivity contribution in [2.45, 2.75) is 39.0 Å². The molecule has 4 heterocycles. The first kappa shape index (κ1) is 28.4. The van der Waals surface area contributed by atoms with Crippen molar-refractivity contribution in [3.63, 3.8) is 0 Å². The molecule has 1 saturated heterocycles. The van der Waals surface area contributed by atoms with E-state index in [1.165, 1.54) is 0 Å². The topological polar surface area (TPSA) is 147 Å². The Morgan fingerprint density at radius 1 is 1.00 bits per heavy atom. The minimum absolute atomic E-state index is 0.00789. The zero-order chi connectivity index (χ0) is 29.9. The minimum atomic E-state index is -0.431. The Morgan fingerprint density at radius 2 is 1.84 bits per heavy atom. The van der Waals surface area contributed by atoms with Gasteiger partial charge in [0.15, 0.2) is 0 Å². The molecule has 2 atom stereocenters. The van der Waals surface area contributed by atoms with Gasteiger partial charge in [0, 0.05) is 56.2 Å². The Bertz CT molecular complexity index is 1630. The summed E-state index contributed by atoms with van der Waals surface area (Å²) in [5, 5.41) is 17.8. The summed E-state index contributed by atoms with van der Waals surface area (Å²) in [4.78, 5) is 43.9. The standard InChI is InChI=1S/C31H35N7O5/c1-19-24(20(2)43-35-19)8-10-29(39)38-17-25-21-5-3-6-23(15-21)42-14-4-12-37(13-11-32-30(40)26(25)18-38)31(41)22-7-9-27-28(16-22)34-36-33-27/h3,5-7,9,15-16,25-26H,4,8,10-14,17-18H2,1-2H3,(H,32,40)(H,33,34,36)/t25-,26+/m1/s1. The lowest BCUT2D eigenvalue weighted by molar-refractivity contribution is -0.130. The fraction of sp³-hybridized carbons (Fsp3) is 0.419. The van der Waals surface area contributed by atoms with Gasteiger partial charge in [-0.3, -0.25) is 14.4 Å². The van der Waals surface area contributed by atoms with E-state index in [0.717, 1.165) is 22.6 Å². The molecule has 0 spiro atoms. The largest absolute Gasteiger partial charge is 0.494 e. The van der Waals surface area contributed by atoms with Crippen molar-refractivity contribution < 1.29 is 23.6 Å². The van der Waals surface area contributed by atoms with Gasteiger partial charge >= 0.3 is 0 Å². The fourth-order valence-corrected chi connectivity index (χ4v) is 6.06. The van der Waals surface area contributed by atoms with E-state index in [-0.39, 0.29) is 23.6 Å². The first-order valence-electron chi connectivity index (χ1n) is 14.7. The van der Waals surface area contributed by atoms with E-state index < -0.39 is 5.92 Å². The second-order valence-corrected chi connectivity index (χ2v) is 11.2. The van der Waals surface area contributed by atoms with Gasteiger partial charge in [-0.2, -0.15) is 15.4 Å². The predicted molar refractivity (Wildman–Crippen MR) is 156 cm³/mol. The van der Waals surface area contributed by atoms with Gasteiger partial charge in [0.2, 0.25) is 11.8 Å². The second kappa shape index (κ2) is 12.2. The number of aromatic amines is 1. The van der Waals surface area contributed by atoms with Crippen molar-refractivity contribution in [2.24, 2.45) is 5.92 Å². The number of H-pyrrole nitrogens is 1. The predicted octanol–water partition coefficient (Wildman–Crippen LogP) is 2.78. The number of carbonyl (C=O) groups excluding carboxylic acids is 3. The quantitative estimate of drug-likeness (QED) is 0.372. The van der Waals surface area contributed by atoms with Crippen LogP contribution >= 0.6 is 0 Å². The lowest BCUT2D eigenvalue weighted by atomic mass is 9.88. The molecule has 43 heavy (non-hydrogen) atoms. The van der Waals surface area contributed by atoms with Crippen LogP contribution in [0.1, 0.15) is 51.7 Å². The van der Waals surface area contributed by atoms with Crippen LogP contribution < -0.4 is 10.1 Å². The van der Waals surface area contributed by atoms with Crippen LogP contribution in [0.2, 0.25) is 0 Å². The first-order chi connectivity index (χ1) is 20.9. The highest BCUT2D eigenvalue weighted by Gasteiger charge is 2.40. The zero-order valence-corrected chi connectivity index (χ0v) is 24.3. The Hall–Kier alpha value is -4.74. The van der Waals surface area contributed by atoms with Crippen molar-refractivity contribution >= 4 is 28.8 Å². The molecule has 1 fully saturated rings. The molecule has 2 aliphatic rings. The van der Waals surface area contributed by atoms with Crippen LogP contribution in [0.15, 0.2) is 47.0 Å². The molecule has 224 valence electrons. The average Bonchev–Trinajstić information content (AvgIpc) is 3.75. The molecule has 2 aliphatic heterocycles. The number of hydrogen-bond donors (Lipinski definition) is 2. The Labute approximate surface area is 248 Å². The summed E-state index contributed by atoms with van der Waals surface area (Å²) in [7, 11) is 0. The van der Waals surface area contributed by atoms with Crippen LogP contribution in [-0.4, -0.2) is 87.4 Å². The molecule has 12 heteroatoms. The summed E-state index contributed by atoms with van der Waals surface area (Å²) in [5.74, 6) is 0.522. The molecule has 12 nitrogen and oxygen atoms in total. The number of aryl methyl sites for hydroxylation is 2.